The summed E-state index contributed by atoms with van der Waals surface area (Å²) < 4.78 is 50.3. The number of carbonyl (C=O) groups is 1. The molecule has 1 aromatic heterocycles. The average Bonchev–Trinajstić information content (AvgIpc) is 2.48. The number of carboxylic acid groups (broad SMARTS) is 1. The second kappa shape index (κ2) is 6.42. The minimum atomic E-state index is -4.78. The van der Waals surface area contributed by atoms with E-state index in [1.807, 2.05) is 0 Å². The Bertz CT molecular complexity index is 701. The summed E-state index contributed by atoms with van der Waals surface area (Å²) in [6.45, 7) is 0. The van der Waals surface area contributed by atoms with Crippen LogP contribution < -0.4 is 14.2 Å². The van der Waals surface area contributed by atoms with Crippen molar-refractivity contribution < 1.29 is 37.3 Å². The molecule has 1 heterocycles. The maximum Gasteiger partial charge on any atom is 0.573 e. The van der Waals surface area contributed by atoms with Crippen molar-refractivity contribution in [3.8, 4) is 23.0 Å². The Kier molecular flexibility index (Phi) is 4.58. The molecule has 0 spiro atoms. The van der Waals surface area contributed by atoms with Crippen LogP contribution in [0.25, 0.3) is 0 Å². The Labute approximate surface area is 128 Å². The van der Waals surface area contributed by atoms with Crippen molar-refractivity contribution in [3.63, 3.8) is 0 Å². The van der Waals surface area contributed by atoms with Gasteiger partial charge in [0.25, 0.3) is 0 Å². The summed E-state index contributed by atoms with van der Waals surface area (Å²) in [6.07, 6.45) is -3.63. The van der Waals surface area contributed by atoms with Crippen LogP contribution in [-0.4, -0.2) is 29.5 Å². The topological polar surface area (TPSA) is 77.9 Å². The van der Waals surface area contributed by atoms with Crippen molar-refractivity contribution in [3.05, 3.63) is 42.2 Å². The predicted molar refractivity (Wildman–Crippen MR) is 70.9 cm³/mol. The molecule has 0 aliphatic rings. The molecule has 0 fully saturated rings. The molecular formula is C14H10F3NO5. The minimum Gasteiger partial charge on any atom is -0.493 e. The number of pyridine rings is 1. The van der Waals surface area contributed by atoms with Crippen molar-refractivity contribution in [2.45, 2.75) is 6.36 Å². The van der Waals surface area contributed by atoms with Gasteiger partial charge in [-0.15, -0.1) is 13.2 Å². The van der Waals surface area contributed by atoms with Gasteiger partial charge in [-0.2, -0.15) is 0 Å². The molecule has 0 aliphatic heterocycles. The summed E-state index contributed by atoms with van der Waals surface area (Å²) in [7, 11) is 1.31. The van der Waals surface area contributed by atoms with E-state index in [1.165, 1.54) is 25.3 Å². The van der Waals surface area contributed by atoms with Crippen LogP contribution in [0.15, 0.2) is 36.5 Å². The molecule has 122 valence electrons. The zero-order valence-corrected chi connectivity index (χ0v) is 11.6. The van der Waals surface area contributed by atoms with Crippen LogP contribution in [0.2, 0.25) is 0 Å². The van der Waals surface area contributed by atoms with Crippen LogP contribution in [0, 0.1) is 0 Å². The molecule has 1 N–H and O–H groups in total. The lowest BCUT2D eigenvalue weighted by atomic mass is 10.3. The molecule has 0 unspecified atom stereocenters. The van der Waals surface area contributed by atoms with E-state index in [0.29, 0.717) is 0 Å². The fourth-order valence-corrected chi connectivity index (χ4v) is 1.61. The number of ether oxygens (including phenoxy) is 3. The lowest BCUT2D eigenvalue weighted by Crippen LogP contribution is -2.16. The van der Waals surface area contributed by atoms with Gasteiger partial charge in [-0.05, 0) is 24.3 Å². The molecule has 2 rings (SSSR count). The van der Waals surface area contributed by atoms with E-state index in [0.717, 1.165) is 18.3 Å². The number of rotatable bonds is 5. The fraction of sp³-hybridized carbons (Fsp3) is 0.143. The highest BCUT2D eigenvalue weighted by Gasteiger charge is 2.31. The van der Waals surface area contributed by atoms with Gasteiger partial charge in [0.15, 0.2) is 17.2 Å². The molecule has 23 heavy (non-hydrogen) atoms. The van der Waals surface area contributed by atoms with Crippen molar-refractivity contribution in [1.82, 2.24) is 4.98 Å². The summed E-state index contributed by atoms with van der Waals surface area (Å²) in [5, 5.41) is 8.84. The van der Waals surface area contributed by atoms with Crippen LogP contribution in [0.4, 0.5) is 13.2 Å². The Morgan fingerprint density at radius 3 is 2.26 bits per heavy atom. The van der Waals surface area contributed by atoms with E-state index < -0.39 is 18.1 Å². The van der Waals surface area contributed by atoms with E-state index in [4.69, 9.17) is 14.6 Å². The molecule has 0 saturated heterocycles. The molecule has 1 aromatic carbocycles. The molecule has 2 aromatic rings. The Balaban J connectivity index is 2.17. The quantitative estimate of drug-likeness (QED) is 0.905. The number of hydrogen-bond donors (Lipinski definition) is 1. The Morgan fingerprint density at radius 1 is 1.13 bits per heavy atom. The van der Waals surface area contributed by atoms with Crippen LogP contribution in [0.5, 0.6) is 23.0 Å². The number of alkyl halides is 3. The lowest BCUT2D eigenvalue weighted by molar-refractivity contribution is -0.274. The van der Waals surface area contributed by atoms with Gasteiger partial charge in [0.1, 0.15) is 11.5 Å². The third-order valence-corrected chi connectivity index (χ3v) is 2.56. The molecule has 0 atom stereocenters. The number of benzene rings is 1. The van der Waals surface area contributed by atoms with Crippen LogP contribution in [0.3, 0.4) is 0 Å². The van der Waals surface area contributed by atoms with Gasteiger partial charge in [0.05, 0.1) is 13.3 Å². The normalized spacial score (nSPS) is 11.0. The monoisotopic (exact) mass is 329 g/mol. The first-order valence-electron chi connectivity index (χ1n) is 6.09. The number of aromatic nitrogens is 1. The molecule has 0 saturated carbocycles. The van der Waals surface area contributed by atoms with E-state index in [2.05, 4.69) is 9.72 Å². The number of hydrogen-bond acceptors (Lipinski definition) is 5. The lowest BCUT2D eigenvalue weighted by Gasteiger charge is -2.12. The number of methoxy groups -OCH3 is 1. The van der Waals surface area contributed by atoms with Crippen molar-refractivity contribution in [2.24, 2.45) is 0 Å². The summed E-state index contributed by atoms with van der Waals surface area (Å²) in [5.41, 5.74) is -0.233. The first-order chi connectivity index (χ1) is 10.8. The smallest absolute Gasteiger partial charge is 0.493 e. The molecular weight excluding hydrogens is 319 g/mol. The number of halogens is 3. The molecule has 9 heteroatoms. The molecule has 0 amide bonds. The van der Waals surface area contributed by atoms with Crippen molar-refractivity contribution >= 4 is 5.97 Å². The largest absolute Gasteiger partial charge is 0.573 e. The van der Waals surface area contributed by atoms with E-state index >= 15 is 0 Å². The second-order valence-corrected chi connectivity index (χ2v) is 4.15. The van der Waals surface area contributed by atoms with Gasteiger partial charge in [-0.3, -0.25) is 0 Å². The SMILES string of the molecule is COc1cc(C(=O)O)ncc1Oc1ccc(OC(F)(F)F)cc1. The summed E-state index contributed by atoms with van der Waals surface area (Å²) >= 11 is 0. The molecule has 0 bridgehead atoms. The standard InChI is InChI=1S/C14H10F3NO5/c1-21-11-6-10(13(19)20)18-7-12(11)22-8-2-4-9(5-3-8)23-14(15,16)17/h2-7H,1H3,(H,19,20). The first kappa shape index (κ1) is 16.4. The van der Waals surface area contributed by atoms with Crippen LogP contribution in [-0.2, 0) is 0 Å². The Hall–Kier alpha value is -2.97. The fourth-order valence-electron chi connectivity index (χ4n) is 1.61. The van der Waals surface area contributed by atoms with E-state index in [1.54, 1.807) is 0 Å². The zero-order valence-electron chi connectivity index (χ0n) is 11.6. The van der Waals surface area contributed by atoms with Gasteiger partial charge in [-0.25, -0.2) is 9.78 Å². The second-order valence-electron chi connectivity index (χ2n) is 4.15. The van der Waals surface area contributed by atoms with Gasteiger partial charge in [0, 0.05) is 6.07 Å². The third kappa shape index (κ3) is 4.50. The highest BCUT2D eigenvalue weighted by molar-refractivity contribution is 5.86. The number of nitrogens with zero attached hydrogens (tertiary/aromatic N) is 1. The van der Waals surface area contributed by atoms with Gasteiger partial charge >= 0.3 is 12.3 Å². The number of carboxylic acids is 1. The summed E-state index contributed by atoms with van der Waals surface area (Å²) in [6, 6.07) is 5.83. The van der Waals surface area contributed by atoms with Gasteiger partial charge in [0.2, 0.25) is 0 Å². The van der Waals surface area contributed by atoms with Crippen LogP contribution in [0.1, 0.15) is 10.5 Å². The molecule has 0 aliphatic carbocycles. The summed E-state index contributed by atoms with van der Waals surface area (Å²) in [5.74, 6) is -1.20. The number of aromatic carboxylic acids is 1. The average molecular weight is 329 g/mol. The van der Waals surface area contributed by atoms with Gasteiger partial charge in [-0.1, -0.05) is 0 Å². The Morgan fingerprint density at radius 2 is 1.74 bits per heavy atom. The first-order valence-corrected chi connectivity index (χ1v) is 6.09. The minimum absolute atomic E-state index is 0.113. The maximum atomic E-state index is 12.1. The highest BCUT2D eigenvalue weighted by Crippen LogP contribution is 2.32. The van der Waals surface area contributed by atoms with Crippen molar-refractivity contribution in [2.75, 3.05) is 7.11 Å². The third-order valence-electron chi connectivity index (χ3n) is 2.56. The zero-order chi connectivity index (χ0) is 17.0. The molecule has 6 nitrogen and oxygen atoms in total. The predicted octanol–water partition coefficient (Wildman–Crippen LogP) is 3.48. The highest BCUT2D eigenvalue weighted by atomic mass is 19.4. The van der Waals surface area contributed by atoms with E-state index in [-0.39, 0.29) is 22.9 Å². The summed E-state index contributed by atoms with van der Waals surface area (Å²) in [4.78, 5) is 14.5. The van der Waals surface area contributed by atoms with Crippen molar-refractivity contribution in [1.29, 1.82) is 0 Å². The van der Waals surface area contributed by atoms with Crippen LogP contribution >= 0.6 is 0 Å². The maximum absolute atomic E-state index is 12.1. The molecule has 0 radical (unpaired) electrons. The van der Waals surface area contributed by atoms with E-state index in [9.17, 15) is 18.0 Å². The van der Waals surface area contributed by atoms with Gasteiger partial charge < -0.3 is 19.3 Å².